The normalized spacial score (nSPS) is 14.0. The third-order valence-corrected chi connectivity index (χ3v) is 9.12. The van der Waals surface area contributed by atoms with Crippen molar-refractivity contribution in [2.45, 2.75) is 122 Å². The number of hydrogen-bond donors (Lipinski definition) is 1. The first-order chi connectivity index (χ1) is 18.4. The van der Waals surface area contributed by atoms with Crippen LogP contribution in [-0.2, 0) is 29.4 Å². The third-order valence-electron chi connectivity index (χ3n) is 7.75. The Hall–Kier alpha value is -1.92. The number of anilines is 1. The average Bonchev–Trinajstić information content (AvgIpc) is 2.91. The molecule has 0 aromatic heterocycles. The first kappa shape index (κ1) is 30.6. The van der Waals surface area contributed by atoms with Crippen LogP contribution >= 0.6 is 0 Å². The van der Waals surface area contributed by atoms with E-state index in [1.165, 1.54) is 82.3 Å². The molecule has 1 N–H and O–H groups in total. The highest BCUT2D eigenvalue weighted by atomic mass is 32.2. The number of rotatable bonds is 18. The fourth-order valence-corrected chi connectivity index (χ4v) is 6.47. The lowest BCUT2D eigenvalue weighted by atomic mass is 9.99. The van der Waals surface area contributed by atoms with Crippen LogP contribution in [0.2, 0.25) is 0 Å². The van der Waals surface area contributed by atoms with Gasteiger partial charge in [0, 0.05) is 13.1 Å². The Morgan fingerprint density at radius 2 is 1.45 bits per heavy atom. The van der Waals surface area contributed by atoms with E-state index < -0.39 is 15.8 Å². The molecule has 0 saturated carbocycles. The summed E-state index contributed by atoms with van der Waals surface area (Å²) in [7, 11) is -3.86. The van der Waals surface area contributed by atoms with Crippen LogP contribution in [0.25, 0.3) is 0 Å². The Morgan fingerprint density at radius 3 is 2.13 bits per heavy atom. The average molecular weight is 545 g/mol. The van der Waals surface area contributed by atoms with E-state index in [-0.39, 0.29) is 10.6 Å². The van der Waals surface area contributed by atoms with Crippen molar-refractivity contribution >= 4 is 15.7 Å². The van der Waals surface area contributed by atoms with Crippen molar-refractivity contribution in [2.24, 2.45) is 0 Å². The van der Waals surface area contributed by atoms with Crippen LogP contribution in [-0.4, -0.2) is 26.4 Å². The third kappa shape index (κ3) is 10.00. The molecule has 2 aromatic carbocycles. The van der Waals surface area contributed by atoms with Crippen LogP contribution in [0.1, 0.15) is 114 Å². The van der Waals surface area contributed by atoms with Crippen LogP contribution in [0.3, 0.4) is 0 Å². The molecule has 0 spiro atoms. The highest BCUT2D eigenvalue weighted by molar-refractivity contribution is 7.92. The maximum Gasteiger partial charge on any atom is 0.261 e. The van der Waals surface area contributed by atoms with Gasteiger partial charge in [-0.2, -0.15) is 0 Å². The highest BCUT2D eigenvalue weighted by Crippen LogP contribution is 2.26. The molecular weight excluding hydrogens is 495 g/mol. The summed E-state index contributed by atoms with van der Waals surface area (Å²) < 4.78 is 43.3. The van der Waals surface area contributed by atoms with E-state index in [9.17, 15) is 12.8 Å². The molecule has 0 bridgehead atoms. The Bertz CT molecular complexity index is 1090. The van der Waals surface area contributed by atoms with Crippen molar-refractivity contribution in [3.05, 3.63) is 58.9 Å². The van der Waals surface area contributed by atoms with E-state index in [0.29, 0.717) is 0 Å². The lowest BCUT2D eigenvalue weighted by Gasteiger charge is -2.29. The number of sulfonamides is 1. The number of fused-ring (bicyclic) bond motifs is 1. The number of nitrogens with zero attached hydrogens (tertiary/aromatic N) is 1. The summed E-state index contributed by atoms with van der Waals surface area (Å²) in [6.45, 7) is 7.36. The largest absolute Gasteiger partial charge is 0.299 e. The Labute approximate surface area is 231 Å². The molecule has 0 amide bonds. The van der Waals surface area contributed by atoms with Crippen LogP contribution in [0.4, 0.5) is 10.1 Å². The van der Waals surface area contributed by atoms with Crippen LogP contribution in [0, 0.1) is 5.82 Å². The molecule has 2 aromatic rings. The Kier molecular flexibility index (Phi) is 13.1. The lowest BCUT2D eigenvalue weighted by Crippen LogP contribution is -2.31. The minimum atomic E-state index is -3.86. The number of nitrogens with one attached hydrogen (secondary N) is 1. The highest BCUT2D eigenvalue weighted by Gasteiger charge is 2.21. The number of hydrogen-bond acceptors (Lipinski definition) is 3. The summed E-state index contributed by atoms with van der Waals surface area (Å²) in [6, 6.07) is 10.2. The smallest absolute Gasteiger partial charge is 0.261 e. The molecule has 38 heavy (non-hydrogen) atoms. The second-order valence-corrected chi connectivity index (χ2v) is 12.7. The topological polar surface area (TPSA) is 49.4 Å². The van der Waals surface area contributed by atoms with Gasteiger partial charge in [-0.05, 0) is 73.2 Å². The van der Waals surface area contributed by atoms with Gasteiger partial charge in [-0.1, -0.05) is 96.6 Å². The molecule has 0 unspecified atom stereocenters. The van der Waals surface area contributed by atoms with E-state index >= 15 is 0 Å². The van der Waals surface area contributed by atoms with Gasteiger partial charge >= 0.3 is 0 Å². The summed E-state index contributed by atoms with van der Waals surface area (Å²) in [4.78, 5) is 2.68. The van der Waals surface area contributed by atoms with E-state index in [0.717, 1.165) is 56.4 Å². The minimum Gasteiger partial charge on any atom is -0.299 e. The molecular formula is C32H49FN2O2S. The molecule has 1 heterocycles. The summed E-state index contributed by atoms with van der Waals surface area (Å²) in [5.41, 5.74) is 3.20. The molecule has 0 radical (unpaired) electrons. The summed E-state index contributed by atoms with van der Waals surface area (Å²) in [5, 5.41) is 0. The second kappa shape index (κ2) is 16.2. The number of unbranched alkanes of at least 4 members (excludes halogenated alkanes) is 11. The first-order valence-electron chi connectivity index (χ1n) is 15.1. The van der Waals surface area contributed by atoms with Gasteiger partial charge in [0.25, 0.3) is 10.0 Å². The van der Waals surface area contributed by atoms with Crippen molar-refractivity contribution in [3.8, 4) is 0 Å². The standard InChI is InChI=1S/C32H49FN2O2S/c1-3-5-7-9-10-11-13-15-22-35-23-21-28-25-30(19-18-29(28)26-35)38(36,37)34-32-20-17-27(24-31(32)33)16-14-12-8-6-4-2/h17-20,24-25,34H,3-16,21-23,26H2,1-2H3. The van der Waals surface area contributed by atoms with Crippen molar-refractivity contribution in [1.29, 1.82) is 0 Å². The van der Waals surface area contributed by atoms with Gasteiger partial charge in [0.2, 0.25) is 0 Å². The predicted octanol–water partition coefficient (Wildman–Crippen LogP) is 8.64. The Balaban J connectivity index is 1.48. The van der Waals surface area contributed by atoms with Crippen molar-refractivity contribution in [1.82, 2.24) is 4.90 Å². The van der Waals surface area contributed by atoms with Crippen LogP contribution < -0.4 is 4.72 Å². The molecule has 1 aliphatic rings. The SMILES string of the molecule is CCCCCCCCCCN1CCc2cc(S(=O)(=O)Nc3ccc(CCCCCCC)cc3F)ccc2C1. The van der Waals surface area contributed by atoms with Gasteiger partial charge in [-0.25, -0.2) is 12.8 Å². The summed E-state index contributed by atoms with van der Waals surface area (Å²) >= 11 is 0. The first-order valence-corrected chi connectivity index (χ1v) is 16.6. The molecule has 0 saturated heterocycles. The number of aryl methyl sites for hydroxylation is 1. The van der Waals surface area contributed by atoms with Gasteiger partial charge in [0.15, 0.2) is 0 Å². The zero-order valence-corrected chi connectivity index (χ0v) is 24.6. The molecule has 212 valence electrons. The van der Waals surface area contributed by atoms with E-state index in [1.807, 2.05) is 12.1 Å². The maximum atomic E-state index is 14.7. The molecule has 0 aliphatic carbocycles. The van der Waals surface area contributed by atoms with Gasteiger partial charge in [0.05, 0.1) is 10.6 Å². The fourth-order valence-electron chi connectivity index (χ4n) is 5.35. The van der Waals surface area contributed by atoms with E-state index in [2.05, 4.69) is 23.5 Å². The summed E-state index contributed by atoms with van der Waals surface area (Å²) in [6.07, 6.45) is 18.0. The van der Waals surface area contributed by atoms with Crippen molar-refractivity contribution < 1.29 is 12.8 Å². The zero-order chi connectivity index (χ0) is 27.2. The summed E-state index contributed by atoms with van der Waals surface area (Å²) in [5.74, 6) is -0.519. The maximum absolute atomic E-state index is 14.7. The fraction of sp³-hybridized carbons (Fsp3) is 0.625. The molecule has 0 atom stereocenters. The van der Waals surface area contributed by atoms with Crippen molar-refractivity contribution in [3.63, 3.8) is 0 Å². The quantitative estimate of drug-likeness (QED) is 0.191. The van der Waals surface area contributed by atoms with Gasteiger partial charge in [-0.15, -0.1) is 0 Å². The monoisotopic (exact) mass is 544 g/mol. The van der Waals surface area contributed by atoms with Crippen molar-refractivity contribution in [2.75, 3.05) is 17.8 Å². The lowest BCUT2D eigenvalue weighted by molar-refractivity contribution is 0.247. The van der Waals surface area contributed by atoms with Gasteiger partial charge < -0.3 is 0 Å². The second-order valence-electron chi connectivity index (χ2n) is 11.0. The predicted molar refractivity (Wildman–Crippen MR) is 158 cm³/mol. The number of halogens is 1. The number of benzene rings is 2. The molecule has 1 aliphatic heterocycles. The van der Waals surface area contributed by atoms with E-state index in [4.69, 9.17) is 0 Å². The van der Waals surface area contributed by atoms with Gasteiger partial charge in [0.1, 0.15) is 5.82 Å². The van der Waals surface area contributed by atoms with E-state index in [1.54, 1.807) is 18.2 Å². The molecule has 3 rings (SSSR count). The van der Waals surface area contributed by atoms with Crippen LogP contribution in [0.5, 0.6) is 0 Å². The molecule has 0 fully saturated rings. The van der Waals surface area contributed by atoms with Crippen LogP contribution in [0.15, 0.2) is 41.3 Å². The molecule has 6 heteroatoms. The molecule has 4 nitrogen and oxygen atoms in total. The zero-order valence-electron chi connectivity index (χ0n) is 23.7. The minimum absolute atomic E-state index is 0.00833. The Morgan fingerprint density at radius 1 is 0.789 bits per heavy atom. The van der Waals surface area contributed by atoms with Gasteiger partial charge in [-0.3, -0.25) is 9.62 Å².